The van der Waals surface area contributed by atoms with E-state index in [1.165, 1.54) is 5.56 Å². The number of nitrogens with zero attached hydrogens (tertiary/aromatic N) is 3. The third kappa shape index (κ3) is 8.30. The molecule has 1 N–H and O–H groups in total. The molecule has 1 fully saturated rings. The van der Waals surface area contributed by atoms with Crippen LogP contribution in [0.1, 0.15) is 99.8 Å². The second kappa shape index (κ2) is 15.5. The van der Waals surface area contributed by atoms with Crippen LogP contribution in [0.15, 0.2) is 79.1 Å². The zero-order valence-electron chi connectivity index (χ0n) is 34.8. The van der Waals surface area contributed by atoms with Gasteiger partial charge in [-0.1, -0.05) is 77.9 Å². The SMILES string of the molecule is COc1ccc(Cn2cc(NC3CCC(O[Si](C)(C)C(C)(C)C)CC3)c3c(-c4ccc(CN5CCc6cc(C(C)(C)C)ccc6C5=O)c(F)c4)ccnc32)cc1. The highest BCUT2D eigenvalue weighted by Gasteiger charge is 2.40. The van der Waals surface area contributed by atoms with Crippen molar-refractivity contribution in [3.8, 4) is 16.9 Å². The third-order valence-corrected chi connectivity index (χ3v) is 17.0. The molecule has 7 nitrogen and oxygen atoms in total. The first-order valence-electron chi connectivity index (χ1n) is 20.3. The number of aromatic nitrogens is 2. The van der Waals surface area contributed by atoms with Crippen LogP contribution in [-0.2, 0) is 29.4 Å². The molecule has 2 aromatic heterocycles. The van der Waals surface area contributed by atoms with Gasteiger partial charge >= 0.3 is 0 Å². The molecule has 3 heterocycles. The van der Waals surface area contributed by atoms with E-state index in [0.717, 1.165) is 82.4 Å². The van der Waals surface area contributed by atoms with E-state index >= 15 is 4.39 Å². The number of hydrogen-bond acceptors (Lipinski definition) is 5. The fourth-order valence-electron chi connectivity index (χ4n) is 7.95. The number of ether oxygens (including phenoxy) is 1. The van der Waals surface area contributed by atoms with Gasteiger partial charge in [0.05, 0.1) is 12.8 Å². The van der Waals surface area contributed by atoms with E-state index in [-0.39, 0.29) is 34.8 Å². The van der Waals surface area contributed by atoms with E-state index < -0.39 is 8.32 Å². The minimum absolute atomic E-state index is 0.00990. The van der Waals surface area contributed by atoms with Gasteiger partial charge in [-0.15, -0.1) is 0 Å². The maximum atomic E-state index is 16.2. The molecular weight excluding hydrogens is 716 g/mol. The summed E-state index contributed by atoms with van der Waals surface area (Å²) in [4.78, 5) is 20.3. The number of rotatable bonds is 10. The number of halogens is 1. The molecular formula is C47H59FN4O3Si. The van der Waals surface area contributed by atoms with E-state index in [4.69, 9.17) is 14.1 Å². The highest BCUT2D eigenvalue weighted by Crippen LogP contribution is 2.41. The van der Waals surface area contributed by atoms with Gasteiger partial charge in [0.1, 0.15) is 17.2 Å². The lowest BCUT2D eigenvalue weighted by molar-refractivity contribution is 0.0725. The first kappa shape index (κ1) is 39.8. The molecule has 0 saturated heterocycles. The third-order valence-electron chi connectivity index (χ3n) is 12.4. The summed E-state index contributed by atoms with van der Waals surface area (Å²) in [6, 6.07) is 22.0. The molecule has 0 unspecified atom stereocenters. The van der Waals surface area contributed by atoms with E-state index in [0.29, 0.717) is 24.8 Å². The molecule has 1 amide bonds. The average molecular weight is 775 g/mol. The molecule has 9 heteroatoms. The summed E-state index contributed by atoms with van der Waals surface area (Å²) in [7, 11) is -0.171. The number of hydrogen-bond donors (Lipinski definition) is 1. The van der Waals surface area contributed by atoms with Gasteiger partial charge in [-0.2, -0.15) is 0 Å². The fraction of sp³-hybridized carbons (Fsp3) is 0.447. The molecule has 0 spiro atoms. The van der Waals surface area contributed by atoms with E-state index in [9.17, 15) is 4.79 Å². The number of benzene rings is 3. The first-order valence-corrected chi connectivity index (χ1v) is 23.2. The molecule has 0 atom stereocenters. The van der Waals surface area contributed by atoms with Gasteiger partial charge < -0.3 is 23.9 Å². The van der Waals surface area contributed by atoms with Crippen molar-refractivity contribution in [1.29, 1.82) is 0 Å². The number of pyridine rings is 1. The second-order valence-corrected chi connectivity index (χ2v) is 23.2. The Balaban J connectivity index is 1.15. The Bertz CT molecular complexity index is 2210. The molecule has 5 aromatic rings. The van der Waals surface area contributed by atoms with Crippen LogP contribution in [0.2, 0.25) is 18.1 Å². The van der Waals surface area contributed by atoms with Crippen molar-refractivity contribution >= 4 is 30.9 Å². The van der Waals surface area contributed by atoms with Crippen molar-refractivity contribution in [3.05, 3.63) is 113 Å². The van der Waals surface area contributed by atoms with E-state index in [1.807, 2.05) is 48.7 Å². The van der Waals surface area contributed by atoms with Crippen molar-refractivity contribution in [3.63, 3.8) is 0 Å². The lowest BCUT2D eigenvalue weighted by atomic mass is 9.84. The quantitative estimate of drug-likeness (QED) is 0.143. The molecule has 3 aromatic carbocycles. The Morgan fingerprint density at radius 3 is 2.29 bits per heavy atom. The van der Waals surface area contributed by atoms with Gasteiger partial charge in [-0.25, -0.2) is 9.37 Å². The summed E-state index contributed by atoms with van der Waals surface area (Å²) in [5, 5.41) is 5.07. The second-order valence-electron chi connectivity index (χ2n) is 18.5. The summed E-state index contributed by atoms with van der Waals surface area (Å²) < 4.78 is 30.6. The number of amides is 1. The largest absolute Gasteiger partial charge is 0.497 e. The van der Waals surface area contributed by atoms with Gasteiger partial charge in [0.25, 0.3) is 5.91 Å². The topological polar surface area (TPSA) is 68.6 Å². The van der Waals surface area contributed by atoms with Gasteiger partial charge in [0.2, 0.25) is 0 Å². The Kier molecular flexibility index (Phi) is 11.0. The minimum Gasteiger partial charge on any atom is -0.497 e. The van der Waals surface area contributed by atoms with Crippen LogP contribution in [0.3, 0.4) is 0 Å². The van der Waals surface area contributed by atoms with Crippen LogP contribution in [-0.4, -0.2) is 54.5 Å². The summed E-state index contributed by atoms with van der Waals surface area (Å²) in [6.07, 6.45) is 9.11. The molecule has 56 heavy (non-hydrogen) atoms. The summed E-state index contributed by atoms with van der Waals surface area (Å²) in [5.41, 5.74) is 8.20. The zero-order chi connectivity index (χ0) is 40.0. The molecule has 7 rings (SSSR count). The Labute approximate surface area is 333 Å². The number of fused-ring (bicyclic) bond motifs is 2. The highest BCUT2D eigenvalue weighted by molar-refractivity contribution is 6.74. The number of anilines is 1. The highest BCUT2D eigenvalue weighted by atomic mass is 28.4. The predicted octanol–water partition coefficient (Wildman–Crippen LogP) is 11.1. The molecule has 0 radical (unpaired) electrons. The van der Waals surface area contributed by atoms with E-state index in [2.05, 4.69) is 88.9 Å². The van der Waals surface area contributed by atoms with Crippen molar-refractivity contribution < 1.29 is 18.3 Å². The van der Waals surface area contributed by atoms with Crippen LogP contribution < -0.4 is 10.1 Å². The smallest absolute Gasteiger partial charge is 0.254 e. The van der Waals surface area contributed by atoms with Crippen LogP contribution >= 0.6 is 0 Å². The molecule has 1 aliphatic carbocycles. The van der Waals surface area contributed by atoms with Crippen LogP contribution in [0, 0.1) is 5.82 Å². The monoisotopic (exact) mass is 774 g/mol. The number of carbonyl (C=O) groups excluding carboxylic acids is 1. The summed E-state index contributed by atoms with van der Waals surface area (Å²) >= 11 is 0. The van der Waals surface area contributed by atoms with Gasteiger partial charge in [-0.3, -0.25) is 4.79 Å². The molecule has 1 aliphatic heterocycles. The minimum atomic E-state index is -1.85. The number of methoxy groups -OCH3 is 1. The number of nitrogens with one attached hydrogen (secondary N) is 1. The summed E-state index contributed by atoms with van der Waals surface area (Å²) in [6.45, 7) is 19.6. The van der Waals surface area contributed by atoms with Crippen LogP contribution in [0.4, 0.5) is 10.1 Å². The predicted molar refractivity (Wildman–Crippen MR) is 229 cm³/mol. The maximum Gasteiger partial charge on any atom is 0.254 e. The van der Waals surface area contributed by atoms with Crippen molar-refractivity contribution in [1.82, 2.24) is 14.5 Å². The molecule has 2 aliphatic rings. The van der Waals surface area contributed by atoms with Gasteiger partial charge in [0.15, 0.2) is 8.32 Å². The standard InChI is InChI=1S/C47H59FN4O3Si/c1-46(2,3)35-14-21-40-33(26-35)23-25-51(45(40)53)29-34-13-12-32(27-41(34)48)39-22-24-49-44-43(39)42(30-52(44)28-31-10-17-37(54-7)18-11-31)50-36-15-19-38(20-16-36)55-56(8,9)47(4,5)6/h10-14,17-18,21-22,24,26-27,30,36,38,50H,15-16,19-20,23,25,28-29H2,1-9H3. The van der Waals surface area contributed by atoms with E-state index in [1.54, 1.807) is 18.1 Å². The van der Waals surface area contributed by atoms with Crippen LogP contribution in [0.5, 0.6) is 5.75 Å². The Hall–Kier alpha value is -4.47. The van der Waals surface area contributed by atoms with Gasteiger partial charge in [-0.05, 0) is 114 Å². The maximum absolute atomic E-state index is 16.2. The van der Waals surface area contributed by atoms with Crippen molar-refractivity contribution in [2.75, 3.05) is 19.0 Å². The Morgan fingerprint density at radius 2 is 1.62 bits per heavy atom. The molecule has 0 bridgehead atoms. The Morgan fingerprint density at radius 1 is 0.893 bits per heavy atom. The zero-order valence-corrected chi connectivity index (χ0v) is 35.8. The fourth-order valence-corrected chi connectivity index (χ4v) is 9.38. The molecule has 1 saturated carbocycles. The molecule has 296 valence electrons. The van der Waals surface area contributed by atoms with Crippen molar-refractivity contribution in [2.24, 2.45) is 0 Å². The van der Waals surface area contributed by atoms with Crippen molar-refractivity contribution in [2.45, 2.75) is 122 Å². The van der Waals surface area contributed by atoms with Crippen LogP contribution in [0.25, 0.3) is 22.2 Å². The van der Waals surface area contributed by atoms with Gasteiger partial charge in [0, 0.05) is 60.7 Å². The summed E-state index contributed by atoms with van der Waals surface area (Å²) in [5.74, 6) is 0.457. The number of carbonyl (C=O) groups is 1. The lowest BCUT2D eigenvalue weighted by Crippen LogP contribution is -2.45. The lowest BCUT2D eigenvalue weighted by Gasteiger charge is -2.41. The average Bonchev–Trinajstić information content (AvgIpc) is 3.50. The first-order chi connectivity index (χ1) is 26.5. The normalized spacial score (nSPS) is 18.0.